The van der Waals surface area contributed by atoms with Gasteiger partial charge in [-0.2, -0.15) is 4.31 Å². The van der Waals surface area contributed by atoms with Crippen LogP contribution in [0.1, 0.15) is 25.8 Å². The minimum atomic E-state index is -3.65. The van der Waals surface area contributed by atoms with Crippen LogP contribution in [-0.4, -0.2) is 42.4 Å². The van der Waals surface area contributed by atoms with Crippen LogP contribution in [0.2, 0.25) is 0 Å². The summed E-state index contributed by atoms with van der Waals surface area (Å²) in [5.41, 5.74) is 0.130. The van der Waals surface area contributed by atoms with Crippen molar-refractivity contribution in [3.8, 4) is 0 Å². The number of rotatable bonds is 4. The van der Waals surface area contributed by atoms with Crippen molar-refractivity contribution in [3.05, 3.63) is 23.8 Å². The summed E-state index contributed by atoms with van der Waals surface area (Å²) >= 11 is 0. The molecule has 0 aliphatic carbocycles. The molecule has 0 unspecified atom stereocenters. The van der Waals surface area contributed by atoms with Crippen molar-refractivity contribution >= 4 is 21.6 Å². The number of benzene rings is 1. The summed E-state index contributed by atoms with van der Waals surface area (Å²) in [5.74, 6) is -0.258. The highest BCUT2D eigenvalue weighted by atomic mass is 32.2. The second kappa shape index (κ2) is 5.40. The van der Waals surface area contributed by atoms with Gasteiger partial charge in [0.15, 0.2) is 0 Å². The standard InChI is InChI=1S/C14H20N2O4S/c1-4-14(18)8-16(9-14)21(19,20)13-7-12(15-11(3)17)6-5-10(13)2/h5-7,18H,4,8-9H2,1-3H3,(H,15,17). The molecule has 2 N–H and O–H groups in total. The maximum Gasteiger partial charge on any atom is 0.243 e. The molecule has 1 amide bonds. The van der Waals surface area contributed by atoms with Crippen molar-refractivity contribution < 1.29 is 18.3 Å². The van der Waals surface area contributed by atoms with E-state index in [9.17, 15) is 18.3 Å². The van der Waals surface area contributed by atoms with Crippen LogP contribution in [0.4, 0.5) is 5.69 Å². The van der Waals surface area contributed by atoms with Crippen LogP contribution in [-0.2, 0) is 14.8 Å². The van der Waals surface area contributed by atoms with Gasteiger partial charge in [0.05, 0.1) is 10.5 Å². The third-order valence-electron chi connectivity index (χ3n) is 3.73. The summed E-state index contributed by atoms with van der Waals surface area (Å²) in [7, 11) is -3.65. The molecule has 116 valence electrons. The molecule has 1 heterocycles. The third-order valence-corrected chi connectivity index (χ3v) is 5.66. The van der Waals surface area contributed by atoms with Gasteiger partial charge < -0.3 is 10.4 Å². The van der Waals surface area contributed by atoms with Crippen molar-refractivity contribution in [2.24, 2.45) is 0 Å². The smallest absolute Gasteiger partial charge is 0.243 e. The van der Waals surface area contributed by atoms with E-state index in [0.29, 0.717) is 17.7 Å². The van der Waals surface area contributed by atoms with Gasteiger partial charge in [0.25, 0.3) is 0 Å². The lowest BCUT2D eigenvalue weighted by atomic mass is 9.94. The summed E-state index contributed by atoms with van der Waals surface area (Å²) in [6.45, 7) is 5.11. The topological polar surface area (TPSA) is 86.7 Å². The molecule has 1 aromatic rings. The van der Waals surface area contributed by atoms with E-state index in [1.165, 1.54) is 17.3 Å². The number of nitrogens with one attached hydrogen (secondary N) is 1. The summed E-state index contributed by atoms with van der Waals surface area (Å²) in [4.78, 5) is 11.2. The van der Waals surface area contributed by atoms with E-state index < -0.39 is 15.6 Å². The molecular weight excluding hydrogens is 292 g/mol. The van der Waals surface area contributed by atoms with E-state index in [4.69, 9.17) is 0 Å². The summed E-state index contributed by atoms with van der Waals surface area (Å²) < 4.78 is 26.4. The quantitative estimate of drug-likeness (QED) is 0.871. The molecule has 7 heteroatoms. The number of β-amino-alcohol motifs (C(OH)–C–C–N with tert-alkyl or cyclic N) is 1. The Morgan fingerprint density at radius 1 is 1.43 bits per heavy atom. The lowest BCUT2D eigenvalue weighted by Crippen LogP contribution is -2.62. The van der Waals surface area contributed by atoms with Gasteiger partial charge in [-0.05, 0) is 31.0 Å². The van der Waals surface area contributed by atoms with E-state index in [1.54, 1.807) is 19.1 Å². The van der Waals surface area contributed by atoms with Gasteiger partial charge in [0.2, 0.25) is 15.9 Å². The molecule has 6 nitrogen and oxygen atoms in total. The molecule has 1 fully saturated rings. The molecule has 0 aromatic heterocycles. The minimum absolute atomic E-state index is 0.107. The Hall–Kier alpha value is -1.44. The highest BCUT2D eigenvalue weighted by Crippen LogP contribution is 2.32. The van der Waals surface area contributed by atoms with E-state index in [0.717, 1.165) is 0 Å². The average Bonchev–Trinajstić information content (AvgIpc) is 2.36. The van der Waals surface area contributed by atoms with Crippen LogP contribution in [0.3, 0.4) is 0 Å². The second-order valence-corrected chi connectivity index (χ2v) is 7.42. The van der Waals surface area contributed by atoms with Gasteiger partial charge in [-0.15, -0.1) is 0 Å². The molecule has 0 saturated carbocycles. The van der Waals surface area contributed by atoms with Gasteiger partial charge in [0.1, 0.15) is 0 Å². The largest absolute Gasteiger partial charge is 0.387 e. The van der Waals surface area contributed by atoms with E-state index in [1.807, 2.05) is 6.92 Å². The highest BCUT2D eigenvalue weighted by molar-refractivity contribution is 7.89. The zero-order valence-electron chi connectivity index (χ0n) is 12.4. The van der Waals surface area contributed by atoms with Gasteiger partial charge in [0, 0.05) is 25.7 Å². The fourth-order valence-electron chi connectivity index (χ4n) is 2.30. The Morgan fingerprint density at radius 3 is 2.57 bits per heavy atom. The second-order valence-electron chi connectivity index (χ2n) is 5.51. The van der Waals surface area contributed by atoms with Crippen molar-refractivity contribution in [3.63, 3.8) is 0 Å². The van der Waals surface area contributed by atoms with Crippen LogP contribution < -0.4 is 5.32 Å². The van der Waals surface area contributed by atoms with Crippen LogP contribution in [0.5, 0.6) is 0 Å². The van der Waals surface area contributed by atoms with Crippen LogP contribution in [0.15, 0.2) is 23.1 Å². The SMILES string of the molecule is CCC1(O)CN(S(=O)(=O)c2cc(NC(C)=O)ccc2C)C1. The first-order valence-electron chi connectivity index (χ1n) is 6.79. The zero-order valence-corrected chi connectivity index (χ0v) is 13.2. The predicted octanol–water partition coefficient (Wildman–Crippen LogP) is 1.10. The van der Waals surface area contributed by atoms with Gasteiger partial charge in [-0.3, -0.25) is 4.79 Å². The number of anilines is 1. The third kappa shape index (κ3) is 3.09. The molecule has 21 heavy (non-hydrogen) atoms. The first-order chi connectivity index (χ1) is 9.68. The number of aryl methyl sites for hydroxylation is 1. The first kappa shape index (κ1) is 15.9. The number of nitrogens with zero attached hydrogens (tertiary/aromatic N) is 1. The Kier molecular flexibility index (Phi) is 4.10. The molecule has 2 rings (SSSR count). The molecular formula is C14H20N2O4S. The van der Waals surface area contributed by atoms with E-state index in [2.05, 4.69) is 5.32 Å². The normalized spacial score (nSPS) is 18.1. The number of aliphatic hydroxyl groups is 1. The highest BCUT2D eigenvalue weighted by Gasteiger charge is 2.46. The van der Waals surface area contributed by atoms with Gasteiger partial charge >= 0.3 is 0 Å². The minimum Gasteiger partial charge on any atom is -0.387 e. The van der Waals surface area contributed by atoms with Crippen LogP contribution >= 0.6 is 0 Å². The molecule has 1 saturated heterocycles. The number of hydrogen-bond acceptors (Lipinski definition) is 4. The molecule has 1 aromatic carbocycles. The molecule has 0 spiro atoms. The maximum atomic E-state index is 12.6. The summed E-state index contributed by atoms with van der Waals surface area (Å²) in [5, 5.41) is 12.6. The van der Waals surface area contributed by atoms with Crippen LogP contribution in [0.25, 0.3) is 0 Å². The number of amides is 1. The molecule has 0 atom stereocenters. The molecule has 1 aliphatic heterocycles. The molecule has 0 bridgehead atoms. The van der Waals surface area contributed by atoms with Crippen LogP contribution in [0, 0.1) is 6.92 Å². The van der Waals surface area contributed by atoms with Gasteiger partial charge in [-0.25, -0.2) is 8.42 Å². The Labute approximate surface area is 124 Å². The lowest BCUT2D eigenvalue weighted by Gasteiger charge is -2.45. The molecule has 1 aliphatic rings. The Bertz CT molecular complexity index is 664. The zero-order chi connectivity index (χ0) is 15.8. The van der Waals surface area contributed by atoms with Crippen molar-refractivity contribution in [2.45, 2.75) is 37.7 Å². The first-order valence-corrected chi connectivity index (χ1v) is 8.23. The van der Waals surface area contributed by atoms with Gasteiger partial charge in [-0.1, -0.05) is 13.0 Å². The number of carbonyl (C=O) groups excluding carboxylic acids is 1. The summed E-state index contributed by atoms with van der Waals surface area (Å²) in [6, 6.07) is 4.77. The average molecular weight is 312 g/mol. The number of hydrogen-bond donors (Lipinski definition) is 2. The molecule has 0 radical (unpaired) electrons. The lowest BCUT2D eigenvalue weighted by molar-refractivity contribution is -0.114. The van der Waals surface area contributed by atoms with E-state index in [-0.39, 0.29) is 23.9 Å². The van der Waals surface area contributed by atoms with Crippen molar-refractivity contribution in [1.29, 1.82) is 0 Å². The summed E-state index contributed by atoms with van der Waals surface area (Å²) in [6.07, 6.45) is 0.518. The van der Waals surface area contributed by atoms with E-state index >= 15 is 0 Å². The predicted molar refractivity (Wildman–Crippen MR) is 79.5 cm³/mol. The monoisotopic (exact) mass is 312 g/mol. The Balaban J connectivity index is 2.30. The van der Waals surface area contributed by atoms with Crippen molar-refractivity contribution in [2.75, 3.05) is 18.4 Å². The Morgan fingerprint density at radius 2 is 2.05 bits per heavy atom. The maximum absolute atomic E-state index is 12.6. The fourth-order valence-corrected chi connectivity index (χ4v) is 4.15. The fraction of sp³-hybridized carbons (Fsp3) is 0.500. The van der Waals surface area contributed by atoms with Crippen molar-refractivity contribution in [1.82, 2.24) is 4.31 Å². The number of carbonyl (C=O) groups is 1. The number of sulfonamides is 1.